The molecule has 2 unspecified atom stereocenters. The van der Waals surface area contributed by atoms with Gasteiger partial charge in [0.2, 0.25) is 0 Å². The summed E-state index contributed by atoms with van der Waals surface area (Å²) in [6.07, 6.45) is 4.76. The Balaban J connectivity index is 4.45. The number of nitrogens with two attached hydrogens (primary N) is 2. The van der Waals surface area contributed by atoms with Gasteiger partial charge < -0.3 is 17.0 Å². The van der Waals surface area contributed by atoms with E-state index >= 15 is 0 Å². The number of hydrogen-bond acceptors (Lipinski definition) is 2. The molecule has 0 spiro atoms. The zero-order chi connectivity index (χ0) is 16.0. The van der Waals surface area contributed by atoms with Gasteiger partial charge in [0.05, 0.1) is 5.41 Å². The van der Waals surface area contributed by atoms with Crippen LogP contribution in [0.25, 0.3) is 5.53 Å². The minimum absolute atomic E-state index is 0.108. The molecule has 0 bridgehead atoms. The molecule has 4 nitrogen and oxygen atoms in total. The van der Waals surface area contributed by atoms with Gasteiger partial charge in [0.15, 0.2) is 0 Å². The van der Waals surface area contributed by atoms with E-state index in [1.54, 1.807) is 0 Å². The molecule has 4 heteroatoms. The number of rotatable bonds is 9. The Labute approximate surface area is 124 Å². The van der Waals surface area contributed by atoms with Crippen molar-refractivity contribution in [2.24, 2.45) is 22.3 Å². The Morgan fingerprint density at radius 2 is 1.55 bits per heavy atom. The zero-order valence-electron chi connectivity index (χ0n) is 14.2. The van der Waals surface area contributed by atoms with Gasteiger partial charge in [0.1, 0.15) is 0 Å². The van der Waals surface area contributed by atoms with E-state index in [9.17, 15) is 5.53 Å². The summed E-state index contributed by atoms with van der Waals surface area (Å²) in [7, 11) is 0. The van der Waals surface area contributed by atoms with E-state index in [-0.39, 0.29) is 22.9 Å². The highest BCUT2D eigenvalue weighted by molar-refractivity contribution is 5.84. The van der Waals surface area contributed by atoms with Crippen LogP contribution in [0.3, 0.4) is 0 Å². The lowest BCUT2D eigenvalue weighted by molar-refractivity contribution is -0.0232. The van der Waals surface area contributed by atoms with Crippen LogP contribution in [0.15, 0.2) is 0 Å². The SMILES string of the molecule is CC(N)CC(C)(C)CCCC(=[N+]=[N-])C(C)(C)CC(C)N. The molecule has 0 radical (unpaired) electrons. The maximum absolute atomic E-state index is 9.28. The number of hydrogen-bond donors (Lipinski definition) is 2. The van der Waals surface area contributed by atoms with Gasteiger partial charge in [-0.1, -0.05) is 13.8 Å². The Morgan fingerprint density at radius 3 is 1.95 bits per heavy atom. The summed E-state index contributed by atoms with van der Waals surface area (Å²) in [6, 6.07) is 0.335. The van der Waals surface area contributed by atoms with Crippen LogP contribution in [0.1, 0.15) is 73.6 Å². The van der Waals surface area contributed by atoms with Crippen molar-refractivity contribution in [2.45, 2.75) is 85.7 Å². The average Bonchev–Trinajstić information content (AvgIpc) is 2.19. The molecule has 0 aromatic heterocycles. The molecule has 0 aliphatic heterocycles. The van der Waals surface area contributed by atoms with E-state index in [0.29, 0.717) is 0 Å². The van der Waals surface area contributed by atoms with E-state index in [1.165, 1.54) is 0 Å². The van der Waals surface area contributed by atoms with E-state index in [2.05, 4.69) is 32.5 Å². The van der Waals surface area contributed by atoms with Crippen molar-refractivity contribution in [3.8, 4) is 0 Å². The van der Waals surface area contributed by atoms with Crippen molar-refractivity contribution < 1.29 is 4.79 Å². The van der Waals surface area contributed by atoms with E-state index in [1.807, 2.05) is 13.8 Å². The normalized spacial score (nSPS) is 15.6. The van der Waals surface area contributed by atoms with Gasteiger partial charge in [-0.15, -0.1) is 0 Å². The standard InChI is InChI=1S/C16H34N4/c1-12(17)10-15(3,4)9-7-8-14(20-19)16(5,6)11-13(2)18/h12-13H,7-11,17-18H2,1-6H3. The van der Waals surface area contributed by atoms with Crippen LogP contribution < -0.4 is 11.5 Å². The second kappa shape index (κ2) is 7.92. The van der Waals surface area contributed by atoms with Gasteiger partial charge in [-0.25, -0.2) is 0 Å². The minimum Gasteiger partial charge on any atom is -0.362 e. The van der Waals surface area contributed by atoms with Crippen LogP contribution in [0.5, 0.6) is 0 Å². The quantitative estimate of drug-likeness (QED) is 0.386. The zero-order valence-corrected chi connectivity index (χ0v) is 14.2. The molecule has 20 heavy (non-hydrogen) atoms. The third-order valence-corrected chi connectivity index (χ3v) is 3.88. The second-order valence-corrected chi connectivity index (χ2v) is 7.81. The molecular formula is C16H34N4. The van der Waals surface area contributed by atoms with Gasteiger partial charge in [-0.05, 0) is 58.8 Å². The van der Waals surface area contributed by atoms with Gasteiger partial charge in [-0.3, -0.25) is 0 Å². The van der Waals surface area contributed by atoms with Crippen LogP contribution in [-0.4, -0.2) is 22.6 Å². The lowest BCUT2D eigenvalue weighted by Gasteiger charge is -2.27. The van der Waals surface area contributed by atoms with Crippen molar-refractivity contribution in [2.75, 3.05) is 0 Å². The second-order valence-electron chi connectivity index (χ2n) is 7.81. The van der Waals surface area contributed by atoms with E-state index in [4.69, 9.17) is 11.5 Å². The van der Waals surface area contributed by atoms with Crippen LogP contribution in [-0.2, 0) is 0 Å². The third kappa shape index (κ3) is 7.78. The Kier molecular flexibility index (Phi) is 7.64. The predicted molar refractivity (Wildman–Crippen MR) is 86.6 cm³/mol. The Morgan fingerprint density at radius 1 is 1.05 bits per heavy atom. The lowest BCUT2D eigenvalue weighted by atomic mass is 9.77. The van der Waals surface area contributed by atoms with Crippen LogP contribution in [0, 0.1) is 10.8 Å². The lowest BCUT2D eigenvalue weighted by Crippen LogP contribution is -2.32. The summed E-state index contributed by atoms with van der Waals surface area (Å²) in [5, 5.41) is 0. The molecule has 0 aromatic carbocycles. The van der Waals surface area contributed by atoms with Gasteiger partial charge in [-0.2, -0.15) is 4.79 Å². The highest BCUT2D eigenvalue weighted by Crippen LogP contribution is 2.31. The highest BCUT2D eigenvalue weighted by atomic mass is 14.9. The molecule has 118 valence electrons. The Bertz CT molecular complexity index is 336. The summed E-state index contributed by atoms with van der Waals surface area (Å²) in [6.45, 7) is 12.7. The monoisotopic (exact) mass is 282 g/mol. The molecule has 0 aromatic rings. The van der Waals surface area contributed by atoms with Crippen LogP contribution in [0.4, 0.5) is 0 Å². The molecule has 0 aliphatic rings. The Hall–Kier alpha value is -0.700. The summed E-state index contributed by atoms with van der Waals surface area (Å²) in [4.78, 5) is 3.53. The van der Waals surface area contributed by atoms with Crippen LogP contribution >= 0.6 is 0 Å². The van der Waals surface area contributed by atoms with Crippen molar-refractivity contribution in [1.29, 1.82) is 0 Å². The topological polar surface area (TPSA) is 88.4 Å². The first-order valence-electron chi connectivity index (χ1n) is 7.73. The summed E-state index contributed by atoms with van der Waals surface area (Å²) in [5.41, 5.74) is 22.0. The van der Waals surface area contributed by atoms with Gasteiger partial charge in [0.25, 0.3) is 5.71 Å². The third-order valence-electron chi connectivity index (χ3n) is 3.88. The van der Waals surface area contributed by atoms with E-state index in [0.717, 1.165) is 37.8 Å². The molecule has 0 rings (SSSR count). The average molecular weight is 282 g/mol. The molecule has 0 saturated carbocycles. The smallest absolute Gasteiger partial charge is 0.274 e. The maximum atomic E-state index is 9.28. The first-order valence-corrected chi connectivity index (χ1v) is 7.73. The first-order chi connectivity index (χ1) is 9.00. The fourth-order valence-electron chi connectivity index (χ4n) is 3.15. The fourth-order valence-corrected chi connectivity index (χ4v) is 3.15. The fraction of sp³-hybridized carbons (Fsp3) is 0.938. The summed E-state index contributed by atoms with van der Waals surface area (Å²) in [5.74, 6) is 0. The molecule has 4 N–H and O–H groups in total. The summed E-state index contributed by atoms with van der Waals surface area (Å²) < 4.78 is 0. The summed E-state index contributed by atoms with van der Waals surface area (Å²) >= 11 is 0. The van der Waals surface area contributed by atoms with Crippen molar-refractivity contribution >= 4 is 5.71 Å². The molecule has 2 atom stereocenters. The first kappa shape index (κ1) is 19.3. The minimum atomic E-state index is -0.145. The maximum Gasteiger partial charge on any atom is 0.274 e. The number of nitrogens with zero attached hydrogens (tertiary/aromatic N) is 2. The van der Waals surface area contributed by atoms with Gasteiger partial charge in [0, 0.05) is 18.5 Å². The molecule has 0 heterocycles. The van der Waals surface area contributed by atoms with Gasteiger partial charge >= 0.3 is 0 Å². The molecule has 0 fully saturated rings. The van der Waals surface area contributed by atoms with Crippen molar-refractivity contribution in [1.82, 2.24) is 0 Å². The van der Waals surface area contributed by atoms with Crippen LogP contribution in [0.2, 0.25) is 0 Å². The van der Waals surface area contributed by atoms with Crippen molar-refractivity contribution in [3.63, 3.8) is 0 Å². The molecular weight excluding hydrogens is 248 g/mol. The molecule has 0 amide bonds. The largest absolute Gasteiger partial charge is 0.362 e. The highest BCUT2D eigenvalue weighted by Gasteiger charge is 2.33. The molecule has 0 aliphatic carbocycles. The van der Waals surface area contributed by atoms with E-state index < -0.39 is 0 Å². The predicted octanol–water partition coefficient (Wildman–Crippen LogP) is 3.35. The van der Waals surface area contributed by atoms with Crippen molar-refractivity contribution in [3.05, 3.63) is 5.53 Å². The molecule has 0 saturated heterocycles.